The second-order valence-corrected chi connectivity index (χ2v) is 6.06. The minimum Gasteiger partial charge on any atom is -0.472 e. The summed E-state index contributed by atoms with van der Waals surface area (Å²) >= 11 is 0. The zero-order valence-corrected chi connectivity index (χ0v) is 12.7. The van der Waals surface area contributed by atoms with Crippen LogP contribution in [0, 0.1) is 0 Å². The molecule has 2 atom stereocenters. The van der Waals surface area contributed by atoms with Gasteiger partial charge in [0.2, 0.25) is 5.88 Å². The molecule has 0 bridgehead atoms. The Labute approximate surface area is 123 Å². The molecule has 2 rings (SSSR count). The van der Waals surface area contributed by atoms with Crippen molar-refractivity contribution >= 4 is 11.9 Å². The fourth-order valence-corrected chi connectivity index (χ4v) is 2.10. The molecule has 21 heavy (non-hydrogen) atoms. The molecule has 0 radical (unpaired) electrons. The Kier molecular flexibility index (Phi) is 4.16. The minimum absolute atomic E-state index is 0.125. The first-order chi connectivity index (χ1) is 9.76. The van der Waals surface area contributed by atoms with Crippen LogP contribution in [0.4, 0.5) is 4.79 Å². The molecule has 0 fully saturated rings. The third-order valence-corrected chi connectivity index (χ3v) is 3.00. The third kappa shape index (κ3) is 3.93. The monoisotopic (exact) mass is 292 g/mol. The lowest BCUT2D eigenvalue weighted by Gasteiger charge is -2.25. The Morgan fingerprint density at radius 2 is 2.19 bits per heavy atom. The zero-order valence-electron chi connectivity index (χ0n) is 12.7. The van der Waals surface area contributed by atoms with Gasteiger partial charge in [-0.2, -0.15) is 0 Å². The summed E-state index contributed by atoms with van der Waals surface area (Å²) in [4.78, 5) is 28.3. The van der Waals surface area contributed by atoms with E-state index in [9.17, 15) is 9.59 Å². The van der Waals surface area contributed by atoms with Crippen molar-refractivity contribution in [2.45, 2.75) is 51.9 Å². The SMILES string of the molecule is C[C@H]1Oc2ncccc2CC(=O)[C@H]1NC(=O)OC(C)(C)C. The van der Waals surface area contributed by atoms with Crippen LogP contribution in [-0.2, 0) is 16.0 Å². The molecule has 1 aliphatic rings. The summed E-state index contributed by atoms with van der Waals surface area (Å²) < 4.78 is 10.9. The van der Waals surface area contributed by atoms with Gasteiger partial charge < -0.3 is 14.8 Å². The molecule has 1 aromatic heterocycles. The lowest BCUT2D eigenvalue weighted by molar-refractivity contribution is -0.121. The zero-order chi connectivity index (χ0) is 15.6. The number of alkyl carbamates (subject to hydrolysis) is 1. The number of rotatable bonds is 1. The molecule has 1 amide bonds. The number of fused-ring (bicyclic) bond motifs is 1. The number of nitrogens with one attached hydrogen (secondary N) is 1. The number of carbonyl (C=O) groups is 2. The van der Waals surface area contributed by atoms with Crippen molar-refractivity contribution in [3.05, 3.63) is 23.9 Å². The molecule has 6 nitrogen and oxygen atoms in total. The van der Waals surface area contributed by atoms with Crippen molar-refractivity contribution in [1.29, 1.82) is 0 Å². The van der Waals surface area contributed by atoms with E-state index in [1.807, 2.05) is 0 Å². The van der Waals surface area contributed by atoms with Gasteiger partial charge in [0, 0.05) is 18.2 Å². The Morgan fingerprint density at radius 3 is 2.86 bits per heavy atom. The van der Waals surface area contributed by atoms with Crippen molar-refractivity contribution in [2.24, 2.45) is 0 Å². The number of carbonyl (C=O) groups excluding carboxylic acids is 2. The smallest absolute Gasteiger partial charge is 0.408 e. The van der Waals surface area contributed by atoms with Gasteiger partial charge in [-0.25, -0.2) is 9.78 Å². The Hall–Kier alpha value is -2.11. The number of hydrogen-bond donors (Lipinski definition) is 1. The van der Waals surface area contributed by atoms with Crippen molar-refractivity contribution in [1.82, 2.24) is 10.3 Å². The Balaban J connectivity index is 2.11. The number of aromatic nitrogens is 1. The molecule has 6 heteroatoms. The molecular weight excluding hydrogens is 272 g/mol. The summed E-state index contributed by atoms with van der Waals surface area (Å²) in [5, 5.41) is 2.59. The standard InChI is InChI=1S/C15H20N2O4/c1-9-12(17-14(19)21-15(2,3)4)11(18)8-10-6-5-7-16-13(10)20-9/h5-7,9,12H,8H2,1-4H3,(H,17,19)/t9-,12+/m1/s1. The molecule has 0 spiro atoms. The van der Waals surface area contributed by atoms with E-state index < -0.39 is 23.8 Å². The third-order valence-electron chi connectivity index (χ3n) is 3.00. The largest absolute Gasteiger partial charge is 0.472 e. The van der Waals surface area contributed by atoms with E-state index in [1.165, 1.54) is 0 Å². The van der Waals surface area contributed by atoms with E-state index in [0.717, 1.165) is 5.56 Å². The number of amides is 1. The maximum Gasteiger partial charge on any atom is 0.408 e. The van der Waals surface area contributed by atoms with E-state index in [1.54, 1.807) is 46.0 Å². The summed E-state index contributed by atoms with van der Waals surface area (Å²) in [6.07, 6.45) is 0.641. The average Bonchev–Trinajstić information content (AvgIpc) is 2.46. The van der Waals surface area contributed by atoms with Gasteiger partial charge in [-0.3, -0.25) is 4.79 Å². The summed E-state index contributed by atoms with van der Waals surface area (Å²) in [5.41, 5.74) is 0.106. The van der Waals surface area contributed by atoms with Gasteiger partial charge in [0.1, 0.15) is 17.7 Å². The maximum absolute atomic E-state index is 12.3. The molecule has 1 aromatic rings. The van der Waals surface area contributed by atoms with E-state index >= 15 is 0 Å². The van der Waals surface area contributed by atoms with Crippen molar-refractivity contribution < 1.29 is 19.1 Å². The lowest BCUT2D eigenvalue weighted by atomic mass is 10.0. The highest BCUT2D eigenvalue weighted by atomic mass is 16.6. The Bertz CT molecular complexity index is 551. The molecule has 114 valence electrons. The maximum atomic E-state index is 12.3. The predicted octanol–water partition coefficient (Wildman–Crippen LogP) is 1.87. The number of hydrogen-bond acceptors (Lipinski definition) is 5. The summed E-state index contributed by atoms with van der Waals surface area (Å²) in [6.45, 7) is 7.02. The van der Waals surface area contributed by atoms with Crippen molar-refractivity contribution in [3.8, 4) is 5.88 Å². The van der Waals surface area contributed by atoms with E-state index in [-0.39, 0.29) is 12.2 Å². The van der Waals surface area contributed by atoms with Gasteiger partial charge in [-0.1, -0.05) is 6.07 Å². The number of ether oxygens (including phenoxy) is 2. The van der Waals surface area contributed by atoms with Crippen molar-refractivity contribution in [2.75, 3.05) is 0 Å². The number of ketones is 1. The molecule has 0 saturated carbocycles. The van der Waals surface area contributed by atoms with Crippen LogP contribution in [0.1, 0.15) is 33.3 Å². The van der Waals surface area contributed by atoms with Crippen LogP contribution in [0.3, 0.4) is 0 Å². The second-order valence-electron chi connectivity index (χ2n) is 6.06. The highest BCUT2D eigenvalue weighted by Crippen LogP contribution is 2.22. The van der Waals surface area contributed by atoms with Crippen molar-refractivity contribution in [3.63, 3.8) is 0 Å². The van der Waals surface area contributed by atoms with Gasteiger partial charge in [-0.05, 0) is 33.8 Å². The predicted molar refractivity (Wildman–Crippen MR) is 76.2 cm³/mol. The van der Waals surface area contributed by atoms with Crippen LogP contribution >= 0.6 is 0 Å². The molecule has 1 aliphatic heterocycles. The fourth-order valence-electron chi connectivity index (χ4n) is 2.10. The van der Waals surface area contributed by atoms with Crippen LogP contribution in [-0.4, -0.2) is 34.6 Å². The lowest BCUT2D eigenvalue weighted by Crippen LogP contribution is -2.50. The molecule has 0 aromatic carbocycles. The topological polar surface area (TPSA) is 77.5 Å². The number of Topliss-reactive ketones (excluding diaryl/α,β-unsaturated/α-hetero) is 1. The quantitative estimate of drug-likeness (QED) is 0.855. The van der Waals surface area contributed by atoms with E-state index in [2.05, 4.69) is 10.3 Å². The summed E-state index contributed by atoms with van der Waals surface area (Å²) in [5.74, 6) is 0.312. The number of nitrogens with zero attached hydrogens (tertiary/aromatic N) is 1. The van der Waals surface area contributed by atoms with Crippen LogP contribution in [0.5, 0.6) is 5.88 Å². The first kappa shape index (κ1) is 15.3. The normalized spacial score (nSPS) is 21.8. The first-order valence-electron chi connectivity index (χ1n) is 6.89. The molecule has 0 aliphatic carbocycles. The van der Waals surface area contributed by atoms with Crippen LogP contribution in [0.15, 0.2) is 18.3 Å². The van der Waals surface area contributed by atoms with Crippen LogP contribution in [0.2, 0.25) is 0 Å². The molecule has 0 unspecified atom stereocenters. The minimum atomic E-state index is -0.756. The number of pyridine rings is 1. The van der Waals surface area contributed by atoms with Gasteiger partial charge in [0.15, 0.2) is 5.78 Å². The highest BCUT2D eigenvalue weighted by Gasteiger charge is 2.33. The average molecular weight is 292 g/mol. The highest BCUT2D eigenvalue weighted by molar-refractivity contribution is 5.90. The first-order valence-corrected chi connectivity index (χ1v) is 6.89. The molecule has 0 saturated heterocycles. The summed E-state index contributed by atoms with van der Waals surface area (Å²) in [6, 6.07) is 2.79. The Morgan fingerprint density at radius 1 is 1.48 bits per heavy atom. The fraction of sp³-hybridized carbons (Fsp3) is 0.533. The summed E-state index contributed by atoms with van der Waals surface area (Å²) in [7, 11) is 0. The van der Waals surface area contributed by atoms with E-state index in [4.69, 9.17) is 9.47 Å². The van der Waals surface area contributed by atoms with Gasteiger partial charge in [0.05, 0.1) is 0 Å². The molecule has 2 heterocycles. The molecular formula is C15H20N2O4. The molecule has 1 N–H and O–H groups in total. The van der Waals surface area contributed by atoms with Gasteiger partial charge in [-0.15, -0.1) is 0 Å². The van der Waals surface area contributed by atoms with Gasteiger partial charge >= 0.3 is 6.09 Å². The van der Waals surface area contributed by atoms with E-state index in [0.29, 0.717) is 5.88 Å². The van der Waals surface area contributed by atoms with Crippen LogP contribution in [0.25, 0.3) is 0 Å². The second kappa shape index (κ2) is 5.71. The van der Waals surface area contributed by atoms with Gasteiger partial charge in [0.25, 0.3) is 0 Å². The van der Waals surface area contributed by atoms with Crippen LogP contribution < -0.4 is 10.1 Å².